The number of benzene rings is 1. The predicted octanol–water partition coefficient (Wildman–Crippen LogP) is 2.05. The van der Waals surface area contributed by atoms with E-state index in [0.29, 0.717) is 23.4 Å². The van der Waals surface area contributed by atoms with Gasteiger partial charge in [0.1, 0.15) is 12.3 Å². The summed E-state index contributed by atoms with van der Waals surface area (Å²) in [4.78, 5) is 26.7. The van der Waals surface area contributed by atoms with Crippen LogP contribution in [0.15, 0.2) is 39.6 Å². The van der Waals surface area contributed by atoms with Crippen LogP contribution in [0.5, 0.6) is 0 Å². The van der Waals surface area contributed by atoms with Gasteiger partial charge in [-0.05, 0) is 32.9 Å². The minimum atomic E-state index is -0.426. The third-order valence-electron chi connectivity index (χ3n) is 3.90. The molecule has 1 amide bonds. The van der Waals surface area contributed by atoms with Crippen LogP contribution in [0.25, 0.3) is 10.9 Å². The van der Waals surface area contributed by atoms with Gasteiger partial charge in [0.05, 0.1) is 11.1 Å². The molecule has 0 atom stereocenters. The highest BCUT2D eigenvalue weighted by atomic mass is 16.5. The van der Waals surface area contributed by atoms with Crippen LogP contribution in [0.3, 0.4) is 0 Å². The summed E-state index contributed by atoms with van der Waals surface area (Å²) in [6.07, 6.45) is 0. The normalized spacial score (nSPS) is 11.0. The Morgan fingerprint density at radius 2 is 1.96 bits per heavy atom. The number of carbonyl (C=O) groups is 1. The second kappa shape index (κ2) is 6.27. The van der Waals surface area contributed by atoms with Crippen molar-refractivity contribution < 1.29 is 9.32 Å². The number of fused-ring (bicyclic) bond motifs is 1. The fourth-order valence-corrected chi connectivity index (χ4v) is 2.77. The van der Waals surface area contributed by atoms with Crippen LogP contribution in [-0.4, -0.2) is 27.4 Å². The predicted molar refractivity (Wildman–Crippen MR) is 90.0 cm³/mol. The third kappa shape index (κ3) is 2.68. The molecule has 3 aromatic rings. The molecule has 2 aromatic heterocycles. The van der Waals surface area contributed by atoms with Crippen LogP contribution in [0.2, 0.25) is 0 Å². The van der Waals surface area contributed by atoms with Crippen LogP contribution in [0, 0.1) is 13.8 Å². The average Bonchev–Trinajstić information content (AvgIpc) is 2.96. The van der Waals surface area contributed by atoms with Crippen LogP contribution < -0.4 is 10.5 Å². The van der Waals surface area contributed by atoms with Gasteiger partial charge in [-0.3, -0.25) is 9.59 Å². The molecule has 0 spiro atoms. The number of hydrogen-bond acceptors (Lipinski definition) is 5. The van der Waals surface area contributed by atoms with E-state index in [9.17, 15) is 9.59 Å². The summed E-state index contributed by atoms with van der Waals surface area (Å²) in [6.45, 7) is 5.73. The molecular weight excluding hydrogens is 308 g/mol. The van der Waals surface area contributed by atoms with E-state index < -0.39 is 5.56 Å². The van der Waals surface area contributed by atoms with Crippen molar-refractivity contribution in [1.82, 2.24) is 14.9 Å². The van der Waals surface area contributed by atoms with Crippen molar-refractivity contribution >= 4 is 22.5 Å². The van der Waals surface area contributed by atoms with E-state index in [4.69, 9.17) is 4.52 Å². The average molecular weight is 326 g/mol. The summed E-state index contributed by atoms with van der Waals surface area (Å²) >= 11 is 0. The Hall–Kier alpha value is -2.96. The van der Waals surface area contributed by atoms with Crippen molar-refractivity contribution in [2.75, 3.05) is 11.4 Å². The first kappa shape index (κ1) is 15.9. The van der Waals surface area contributed by atoms with Crippen molar-refractivity contribution in [2.24, 2.45) is 0 Å². The molecule has 0 saturated heterocycles. The molecule has 0 bridgehead atoms. The molecule has 1 aromatic carbocycles. The van der Waals surface area contributed by atoms with E-state index in [1.807, 2.05) is 37.3 Å². The lowest BCUT2D eigenvalue weighted by atomic mass is 10.2. The molecule has 7 nitrogen and oxygen atoms in total. The lowest BCUT2D eigenvalue weighted by molar-refractivity contribution is -0.119. The fraction of sp³-hybridized carbons (Fsp3) is 0.294. The molecule has 0 fully saturated rings. The Morgan fingerprint density at radius 3 is 2.62 bits per heavy atom. The summed E-state index contributed by atoms with van der Waals surface area (Å²) in [6, 6.07) is 9.33. The summed E-state index contributed by atoms with van der Waals surface area (Å²) < 4.78 is 6.22. The maximum absolute atomic E-state index is 12.6. The second-order valence-corrected chi connectivity index (χ2v) is 5.48. The quantitative estimate of drug-likeness (QED) is 0.733. The molecule has 0 radical (unpaired) electrons. The van der Waals surface area contributed by atoms with E-state index in [1.54, 1.807) is 18.7 Å². The number of likely N-dealkylation sites (N-methyl/N-ethyl adjacent to an activating group) is 1. The maximum atomic E-state index is 12.6. The first-order chi connectivity index (χ1) is 11.5. The highest BCUT2D eigenvalue weighted by Gasteiger charge is 2.19. The molecule has 0 saturated carbocycles. The number of aryl methyl sites for hydroxylation is 2. The van der Waals surface area contributed by atoms with E-state index in [2.05, 4.69) is 10.3 Å². The first-order valence-electron chi connectivity index (χ1n) is 7.72. The number of amides is 1. The van der Waals surface area contributed by atoms with Gasteiger partial charge in [-0.25, -0.2) is 4.68 Å². The van der Waals surface area contributed by atoms with Crippen molar-refractivity contribution in [1.29, 1.82) is 0 Å². The smallest absolute Gasteiger partial charge is 0.297 e. The topological polar surface area (TPSA) is 81.2 Å². The number of nitrogens with zero attached hydrogens (tertiary/aromatic N) is 4. The summed E-state index contributed by atoms with van der Waals surface area (Å²) in [5.74, 6) is 0.335. The standard InChI is InChI=1S/C17H18N4O3/c1-4-20(13-8-6-5-7-9-13)14(22)10-21-17(23)16-15(11(2)18-21)12(3)24-19-16/h5-9H,4,10H2,1-3H3. The van der Waals surface area contributed by atoms with Gasteiger partial charge in [-0.1, -0.05) is 23.4 Å². The Bertz CT molecular complexity index is 944. The van der Waals surface area contributed by atoms with Crippen molar-refractivity contribution in [3.05, 3.63) is 52.1 Å². The first-order valence-corrected chi connectivity index (χ1v) is 7.72. The molecule has 0 unspecified atom stereocenters. The Labute approximate surface area is 138 Å². The number of rotatable bonds is 4. The van der Waals surface area contributed by atoms with Crippen molar-refractivity contribution in [3.8, 4) is 0 Å². The fourth-order valence-electron chi connectivity index (χ4n) is 2.77. The van der Waals surface area contributed by atoms with Crippen LogP contribution in [0.4, 0.5) is 5.69 Å². The molecule has 0 aliphatic carbocycles. The molecule has 2 heterocycles. The molecule has 124 valence electrons. The van der Waals surface area contributed by atoms with Gasteiger partial charge in [-0.2, -0.15) is 5.10 Å². The minimum Gasteiger partial charge on any atom is -0.360 e. The Morgan fingerprint density at radius 1 is 1.25 bits per heavy atom. The lowest BCUT2D eigenvalue weighted by Gasteiger charge is -2.21. The van der Waals surface area contributed by atoms with Gasteiger partial charge in [-0.15, -0.1) is 0 Å². The minimum absolute atomic E-state index is 0.149. The molecule has 24 heavy (non-hydrogen) atoms. The molecular formula is C17H18N4O3. The zero-order valence-corrected chi connectivity index (χ0v) is 13.8. The van der Waals surface area contributed by atoms with E-state index in [1.165, 1.54) is 0 Å². The molecule has 0 N–H and O–H groups in total. The molecule has 3 rings (SSSR count). The van der Waals surface area contributed by atoms with Crippen LogP contribution >= 0.6 is 0 Å². The number of para-hydroxylation sites is 1. The zero-order valence-electron chi connectivity index (χ0n) is 13.8. The Kier molecular flexibility index (Phi) is 4.16. The van der Waals surface area contributed by atoms with E-state index >= 15 is 0 Å². The van der Waals surface area contributed by atoms with Gasteiger partial charge >= 0.3 is 0 Å². The maximum Gasteiger partial charge on any atom is 0.297 e. The Balaban J connectivity index is 1.96. The van der Waals surface area contributed by atoms with Gasteiger partial charge in [0, 0.05) is 12.2 Å². The number of anilines is 1. The SMILES string of the molecule is CCN(C(=O)Cn1nc(C)c2c(C)onc2c1=O)c1ccccc1. The van der Waals surface area contributed by atoms with Gasteiger partial charge in [0.2, 0.25) is 5.91 Å². The summed E-state index contributed by atoms with van der Waals surface area (Å²) in [5.41, 5.74) is 1.17. The highest BCUT2D eigenvalue weighted by molar-refractivity contribution is 5.93. The van der Waals surface area contributed by atoms with Gasteiger partial charge in [0.15, 0.2) is 5.52 Å². The zero-order chi connectivity index (χ0) is 17.3. The largest absolute Gasteiger partial charge is 0.360 e. The van der Waals surface area contributed by atoms with Crippen molar-refractivity contribution in [3.63, 3.8) is 0 Å². The molecule has 7 heteroatoms. The summed E-state index contributed by atoms with van der Waals surface area (Å²) in [5, 5.41) is 8.65. The summed E-state index contributed by atoms with van der Waals surface area (Å²) in [7, 11) is 0. The molecule has 0 aliphatic heterocycles. The van der Waals surface area contributed by atoms with Crippen LogP contribution in [-0.2, 0) is 11.3 Å². The number of carbonyl (C=O) groups excluding carboxylic acids is 1. The second-order valence-electron chi connectivity index (χ2n) is 5.48. The monoisotopic (exact) mass is 326 g/mol. The van der Waals surface area contributed by atoms with Crippen molar-refractivity contribution in [2.45, 2.75) is 27.3 Å². The number of aromatic nitrogens is 3. The molecule has 0 aliphatic rings. The van der Waals surface area contributed by atoms with E-state index in [-0.39, 0.29) is 18.0 Å². The lowest BCUT2D eigenvalue weighted by Crippen LogP contribution is -2.37. The van der Waals surface area contributed by atoms with E-state index in [0.717, 1.165) is 10.4 Å². The van der Waals surface area contributed by atoms with Gasteiger partial charge < -0.3 is 9.42 Å². The highest BCUT2D eigenvalue weighted by Crippen LogP contribution is 2.17. The van der Waals surface area contributed by atoms with Gasteiger partial charge in [0.25, 0.3) is 5.56 Å². The number of hydrogen-bond donors (Lipinski definition) is 0. The third-order valence-corrected chi connectivity index (χ3v) is 3.90. The van der Waals surface area contributed by atoms with Crippen LogP contribution in [0.1, 0.15) is 18.4 Å².